The van der Waals surface area contributed by atoms with Crippen LogP contribution in [0.5, 0.6) is 0 Å². The molecule has 0 aliphatic carbocycles. The summed E-state index contributed by atoms with van der Waals surface area (Å²) in [6, 6.07) is 0. The minimum atomic E-state index is -1.62. The average Bonchev–Trinajstić information content (AvgIpc) is 2.37. The lowest BCUT2D eigenvalue weighted by atomic mass is 10.0. The highest BCUT2D eigenvalue weighted by molar-refractivity contribution is 5.58. The number of halogens is 1. The molecule has 0 heterocycles. The summed E-state index contributed by atoms with van der Waals surface area (Å²) in [5.41, 5.74) is 0. The van der Waals surface area contributed by atoms with E-state index >= 15 is 0 Å². The second kappa shape index (κ2) is 13.8. The fraction of sp³-hybridized carbons (Fsp3) is 0.938. The van der Waals surface area contributed by atoms with Crippen molar-refractivity contribution in [2.45, 2.75) is 97.0 Å². The molecule has 114 valence electrons. The first kappa shape index (κ1) is 18.4. The number of unbranched alkanes of at least 4 members (excludes halogenated alkanes) is 8. The van der Waals surface area contributed by atoms with Gasteiger partial charge >= 0.3 is 6.22 Å². The number of ether oxygens (including phenoxy) is 1. The third kappa shape index (κ3) is 13.6. The molecule has 3 heteroatoms. The number of carbonyl (C=O) groups excluding carboxylic acids is 1. The summed E-state index contributed by atoms with van der Waals surface area (Å²) >= 11 is 0. The van der Waals surface area contributed by atoms with Gasteiger partial charge in [0.2, 0.25) is 0 Å². The van der Waals surface area contributed by atoms with Gasteiger partial charge in [0.05, 0.1) is 0 Å². The highest BCUT2D eigenvalue weighted by Gasteiger charge is 2.13. The predicted octanol–water partition coefficient (Wildman–Crippen LogP) is 6.18. The molecule has 0 amide bonds. The van der Waals surface area contributed by atoms with Crippen LogP contribution in [-0.2, 0) is 4.74 Å². The van der Waals surface area contributed by atoms with E-state index in [2.05, 4.69) is 13.8 Å². The van der Waals surface area contributed by atoms with Gasteiger partial charge in [-0.2, -0.15) is 0 Å². The molecule has 1 atom stereocenters. The number of hydrogen-bond acceptors (Lipinski definition) is 2. The Balaban J connectivity index is 3.64. The topological polar surface area (TPSA) is 26.3 Å². The molecule has 2 nitrogen and oxygen atoms in total. The molecule has 0 saturated carbocycles. The quantitative estimate of drug-likeness (QED) is 0.296. The number of hydrogen-bond donors (Lipinski definition) is 0. The zero-order valence-electron chi connectivity index (χ0n) is 12.8. The van der Waals surface area contributed by atoms with Gasteiger partial charge in [0.25, 0.3) is 0 Å². The molecule has 0 aromatic carbocycles. The third-order valence-corrected chi connectivity index (χ3v) is 3.52. The zero-order chi connectivity index (χ0) is 14.3. The van der Waals surface area contributed by atoms with Crippen molar-refractivity contribution in [2.75, 3.05) is 0 Å². The van der Waals surface area contributed by atoms with Crippen molar-refractivity contribution in [3.63, 3.8) is 0 Å². The molecular formula is C16H31FO2. The lowest BCUT2D eigenvalue weighted by Crippen LogP contribution is -2.15. The lowest BCUT2D eigenvalue weighted by molar-refractivity contribution is 0.0643. The van der Waals surface area contributed by atoms with Crippen molar-refractivity contribution in [3.8, 4) is 0 Å². The first-order valence-corrected chi connectivity index (χ1v) is 8.06. The van der Waals surface area contributed by atoms with Crippen molar-refractivity contribution in [3.05, 3.63) is 0 Å². The zero-order valence-corrected chi connectivity index (χ0v) is 12.8. The first-order chi connectivity index (χ1) is 9.20. The van der Waals surface area contributed by atoms with E-state index in [0.29, 0.717) is 0 Å². The van der Waals surface area contributed by atoms with Gasteiger partial charge in [0.15, 0.2) is 0 Å². The third-order valence-electron chi connectivity index (χ3n) is 3.52. The molecule has 0 aliphatic rings. The molecule has 0 fully saturated rings. The summed E-state index contributed by atoms with van der Waals surface area (Å²) in [6.07, 6.45) is 11.6. The van der Waals surface area contributed by atoms with Crippen molar-refractivity contribution in [2.24, 2.45) is 0 Å². The van der Waals surface area contributed by atoms with Gasteiger partial charge in [-0.15, -0.1) is 4.39 Å². The Morgan fingerprint density at radius 1 is 0.842 bits per heavy atom. The Morgan fingerprint density at radius 2 is 1.26 bits per heavy atom. The summed E-state index contributed by atoms with van der Waals surface area (Å²) in [5, 5.41) is 0. The van der Waals surface area contributed by atoms with Gasteiger partial charge in [0.1, 0.15) is 6.10 Å². The standard InChI is InChI=1S/C16H31FO2/c1-3-5-7-9-10-12-14-15(19-16(17)18)13-11-8-6-4-2/h15H,3-14H2,1-2H3. The summed E-state index contributed by atoms with van der Waals surface area (Å²) in [4.78, 5) is 10.4. The van der Waals surface area contributed by atoms with Gasteiger partial charge < -0.3 is 4.74 Å². The summed E-state index contributed by atoms with van der Waals surface area (Å²) in [5.74, 6) is 0. The van der Waals surface area contributed by atoms with Crippen molar-refractivity contribution in [1.29, 1.82) is 0 Å². The van der Waals surface area contributed by atoms with Gasteiger partial charge in [-0.05, 0) is 25.7 Å². The minimum Gasteiger partial charge on any atom is -0.437 e. The van der Waals surface area contributed by atoms with Crippen LogP contribution >= 0.6 is 0 Å². The molecule has 0 saturated heterocycles. The fourth-order valence-corrected chi connectivity index (χ4v) is 2.34. The van der Waals surface area contributed by atoms with Gasteiger partial charge in [-0.3, -0.25) is 0 Å². The predicted molar refractivity (Wildman–Crippen MR) is 78.1 cm³/mol. The van der Waals surface area contributed by atoms with E-state index < -0.39 is 6.22 Å². The normalized spacial score (nSPS) is 12.4. The van der Waals surface area contributed by atoms with Gasteiger partial charge in [0, 0.05) is 0 Å². The van der Waals surface area contributed by atoms with Crippen LogP contribution in [0.1, 0.15) is 90.9 Å². The van der Waals surface area contributed by atoms with Crippen molar-refractivity contribution in [1.82, 2.24) is 0 Å². The largest absolute Gasteiger partial charge is 0.495 e. The van der Waals surface area contributed by atoms with Crippen LogP contribution in [0.4, 0.5) is 9.18 Å². The van der Waals surface area contributed by atoms with Crippen molar-refractivity contribution >= 4 is 6.22 Å². The van der Waals surface area contributed by atoms with Gasteiger partial charge in [-0.25, -0.2) is 4.79 Å². The molecule has 1 unspecified atom stereocenters. The molecule has 0 radical (unpaired) electrons. The van der Waals surface area contributed by atoms with Crippen LogP contribution in [0.25, 0.3) is 0 Å². The Kier molecular flexibility index (Phi) is 13.4. The minimum absolute atomic E-state index is 0.208. The molecule has 0 aliphatic heterocycles. The molecule has 0 bridgehead atoms. The number of rotatable bonds is 13. The van der Waals surface area contributed by atoms with Crippen LogP contribution in [0, 0.1) is 0 Å². The fourth-order valence-electron chi connectivity index (χ4n) is 2.34. The van der Waals surface area contributed by atoms with Crippen LogP contribution in [0.2, 0.25) is 0 Å². The van der Waals surface area contributed by atoms with E-state index in [1.54, 1.807) is 0 Å². The highest BCUT2D eigenvalue weighted by atomic mass is 19.1. The Hall–Kier alpha value is -0.600. The second-order valence-electron chi connectivity index (χ2n) is 5.38. The maximum atomic E-state index is 12.3. The molecule has 0 aromatic heterocycles. The molecule has 0 N–H and O–H groups in total. The van der Waals surface area contributed by atoms with Gasteiger partial charge in [-0.1, -0.05) is 65.2 Å². The van der Waals surface area contributed by atoms with Crippen LogP contribution in [-0.4, -0.2) is 12.3 Å². The summed E-state index contributed by atoms with van der Waals surface area (Å²) in [7, 11) is 0. The van der Waals surface area contributed by atoms with Crippen LogP contribution in [0.15, 0.2) is 0 Å². The van der Waals surface area contributed by atoms with Crippen LogP contribution in [0.3, 0.4) is 0 Å². The highest BCUT2D eigenvalue weighted by Crippen LogP contribution is 2.16. The molecule has 0 rings (SSSR count). The van der Waals surface area contributed by atoms with E-state index in [-0.39, 0.29) is 6.10 Å². The van der Waals surface area contributed by atoms with E-state index in [4.69, 9.17) is 4.74 Å². The van der Waals surface area contributed by atoms with Crippen LogP contribution < -0.4 is 0 Å². The maximum absolute atomic E-state index is 12.3. The SMILES string of the molecule is CCCCCCCCC(CCCCCC)OC(=O)F. The molecule has 0 spiro atoms. The molecule has 0 aromatic rings. The lowest BCUT2D eigenvalue weighted by Gasteiger charge is -2.15. The smallest absolute Gasteiger partial charge is 0.437 e. The second-order valence-corrected chi connectivity index (χ2v) is 5.38. The van der Waals surface area contributed by atoms with E-state index in [9.17, 15) is 9.18 Å². The van der Waals surface area contributed by atoms with Crippen molar-refractivity contribution < 1.29 is 13.9 Å². The summed E-state index contributed by atoms with van der Waals surface area (Å²) in [6.45, 7) is 4.36. The summed E-state index contributed by atoms with van der Waals surface area (Å²) < 4.78 is 17.1. The molecule has 19 heavy (non-hydrogen) atoms. The Morgan fingerprint density at radius 3 is 1.74 bits per heavy atom. The Bertz CT molecular complexity index is 207. The van der Waals surface area contributed by atoms with E-state index in [0.717, 1.165) is 38.5 Å². The monoisotopic (exact) mass is 274 g/mol. The average molecular weight is 274 g/mol. The van der Waals surface area contributed by atoms with E-state index in [1.165, 1.54) is 38.5 Å². The van der Waals surface area contributed by atoms with E-state index in [1.807, 2.05) is 0 Å². The number of carbonyl (C=O) groups is 1. The molecular weight excluding hydrogens is 243 g/mol. The maximum Gasteiger partial charge on any atom is 0.495 e. The first-order valence-electron chi connectivity index (χ1n) is 8.06. The Labute approximate surface area is 118 Å².